The van der Waals surface area contributed by atoms with Crippen LogP contribution in [-0.2, 0) is 19.5 Å². The van der Waals surface area contributed by atoms with E-state index in [-0.39, 0.29) is 19.5 Å². The van der Waals surface area contributed by atoms with Crippen molar-refractivity contribution in [1.29, 1.82) is 0 Å². The van der Waals surface area contributed by atoms with Crippen molar-refractivity contribution < 1.29 is 19.5 Å². The van der Waals surface area contributed by atoms with E-state index in [1.807, 2.05) is 97.2 Å². The summed E-state index contributed by atoms with van der Waals surface area (Å²) < 4.78 is 0. The summed E-state index contributed by atoms with van der Waals surface area (Å²) >= 11 is 0. The van der Waals surface area contributed by atoms with E-state index in [9.17, 15) is 0 Å². The van der Waals surface area contributed by atoms with Crippen LogP contribution in [0.25, 0.3) is 55.6 Å². The molecule has 3 aromatic heterocycles. The molecule has 0 saturated carbocycles. The van der Waals surface area contributed by atoms with Gasteiger partial charge in [-0.15, -0.1) is 0 Å². The summed E-state index contributed by atoms with van der Waals surface area (Å²) in [5.74, 6) is 0. The van der Waals surface area contributed by atoms with Crippen molar-refractivity contribution in [2.24, 2.45) is 0 Å². The number of fused-ring (bicyclic) bond motifs is 2. The van der Waals surface area contributed by atoms with Crippen molar-refractivity contribution in [1.82, 2.24) is 15.0 Å². The predicted molar refractivity (Wildman–Crippen MR) is 189 cm³/mol. The quantitative estimate of drug-likeness (QED) is 0.174. The van der Waals surface area contributed by atoms with Gasteiger partial charge in [-0.1, -0.05) is 139 Å². The van der Waals surface area contributed by atoms with Crippen LogP contribution in [0.4, 0.5) is 0 Å². The summed E-state index contributed by atoms with van der Waals surface area (Å²) in [6.45, 7) is 2.09. The van der Waals surface area contributed by atoms with Crippen molar-refractivity contribution in [2.45, 2.75) is 6.92 Å². The maximum Gasteiger partial charge on any atom is 0.0709 e. The van der Waals surface area contributed by atoms with Crippen molar-refractivity contribution in [2.75, 3.05) is 0 Å². The third-order valence-electron chi connectivity index (χ3n) is 7.31. The van der Waals surface area contributed by atoms with Crippen LogP contribution in [0, 0.1) is 6.92 Å². The van der Waals surface area contributed by atoms with Crippen LogP contribution in [0.1, 0.15) is 5.56 Å². The van der Waals surface area contributed by atoms with Gasteiger partial charge in [0.2, 0.25) is 0 Å². The summed E-state index contributed by atoms with van der Waals surface area (Å²) in [6.07, 6.45) is 1.82. The summed E-state index contributed by atoms with van der Waals surface area (Å²) in [6, 6.07) is 59.5. The van der Waals surface area contributed by atoms with E-state index in [0.29, 0.717) is 0 Å². The Morgan fingerprint density at radius 1 is 0.370 bits per heavy atom. The first-order valence-electron chi connectivity index (χ1n) is 15.0. The molecule has 46 heavy (non-hydrogen) atoms. The van der Waals surface area contributed by atoms with E-state index < -0.39 is 0 Å². The maximum absolute atomic E-state index is 4.65. The average Bonchev–Trinajstić information content (AvgIpc) is 3.13. The fraction of sp³-hybridized carbons (Fsp3) is 0.0238. The van der Waals surface area contributed by atoms with Crippen LogP contribution in [0.2, 0.25) is 0 Å². The molecule has 0 spiro atoms. The van der Waals surface area contributed by atoms with Gasteiger partial charge in [0.1, 0.15) is 0 Å². The number of aromatic nitrogens is 3. The van der Waals surface area contributed by atoms with Crippen molar-refractivity contribution >= 4 is 21.8 Å². The Morgan fingerprint density at radius 2 is 0.848 bits per heavy atom. The molecule has 4 heteroatoms. The molecule has 0 unspecified atom stereocenters. The zero-order chi connectivity index (χ0) is 30.7. The van der Waals surface area contributed by atoms with Crippen LogP contribution in [0.15, 0.2) is 182 Å². The third kappa shape index (κ3) is 8.44. The van der Waals surface area contributed by atoms with E-state index in [2.05, 4.69) is 107 Å². The van der Waals surface area contributed by atoms with Crippen LogP contribution in [-0.4, -0.2) is 15.0 Å². The van der Waals surface area contributed by atoms with Crippen LogP contribution < -0.4 is 0 Å². The van der Waals surface area contributed by atoms with Gasteiger partial charge in [-0.2, -0.15) is 0 Å². The predicted octanol–water partition coefficient (Wildman–Crippen LogP) is 10.9. The fourth-order valence-electron chi connectivity index (χ4n) is 5.01. The topological polar surface area (TPSA) is 38.7 Å². The maximum atomic E-state index is 4.65. The molecule has 0 aliphatic carbocycles. The monoisotopic (exact) mass is 681 g/mol. The van der Waals surface area contributed by atoms with Gasteiger partial charge in [0.25, 0.3) is 0 Å². The first kappa shape index (κ1) is 32.1. The second-order valence-electron chi connectivity index (χ2n) is 10.6. The molecule has 224 valence electrons. The van der Waals surface area contributed by atoms with Crippen molar-refractivity contribution in [3.63, 3.8) is 0 Å². The first-order valence-corrected chi connectivity index (χ1v) is 15.0. The van der Waals surface area contributed by atoms with Crippen molar-refractivity contribution in [3.8, 4) is 33.8 Å². The average molecular weight is 681 g/mol. The SMILES string of the molecule is Cc1cccc(-c2ccccn2)c1.[Ru].c1ccc(-c2ccc3ccccc3n2)cc1.c1ccc(-c2ccc3ccccc3n2)cc1. The van der Waals surface area contributed by atoms with Gasteiger partial charge in [0.15, 0.2) is 0 Å². The zero-order valence-electron chi connectivity index (χ0n) is 25.5. The molecule has 8 rings (SSSR count). The van der Waals surface area contributed by atoms with Gasteiger partial charge in [-0.25, -0.2) is 9.97 Å². The minimum atomic E-state index is 0. The molecule has 8 aromatic rings. The van der Waals surface area contributed by atoms with Gasteiger partial charge in [0.05, 0.1) is 28.1 Å². The molecular formula is C42H33N3Ru. The Balaban J connectivity index is 0.000000135. The standard InChI is InChI=1S/2C15H11N.C12H11N.Ru/c2*1-2-6-12(7-3-1)15-11-10-13-8-4-5-9-14(13)16-15;1-10-5-4-6-11(9-10)12-7-2-3-8-13-12;/h2*1-11H;2-9H,1H3;. The van der Waals surface area contributed by atoms with E-state index in [0.717, 1.165) is 39.2 Å². The first-order chi connectivity index (χ1) is 22.2. The Kier molecular flexibility index (Phi) is 11.3. The number of hydrogen-bond donors (Lipinski definition) is 0. The number of para-hydroxylation sites is 2. The summed E-state index contributed by atoms with van der Waals surface area (Å²) in [7, 11) is 0. The largest absolute Gasteiger partial charge is 0.256 e. The second kappa shape index (κ2) is 16.1. The molecule has 5 aromatic carbocycles. The summed E-state index contributed by atoms with van der Waals surface area (Å²) in [5, 5.41) is 2.37. The number of pyridine rings is 3. The molecular weight excluding hydrogens is 648 g/mol. The van der Waals surface area contributed by atoms with E-state index in [4.69, 9.17) is 0 Å². The van der Waals surface area contributed by atoms with Crippen LogP contribution in [0.5, 0.6) is 0 Å². The number of rotatable bonds is 3. The third-order valence-corrected chi connectivity index (χ3v) is 7.31. The van der Waals surface area contributed by atoms with Gasteiger partial charge in [0, 0.05) is 53.1 Å². The minimum absolute atomic E-state index is 0. The van der Waals surface area contributed by atoms with Crippen LogP contribution in [0.3, 0.4) is 0 Å². The van der Waals surface area contributed by atoms with E-state index in [1.165, 1.54) is 21.9 Å². The molecule has 3 heterocycles. The van der Waals surface area contributed by atoms with Gasteiger partial charge < -0.3 is 0 Å². The van der Waals surface area contributed by atoms with Crippen molar-refractivity contribution in [3.05, 3.63) is 188 Å². The molecule has 0 aliphatic heterocycles. The van der Waals surface area contributed by atoms with Gasteiger partial charge in [-0.05, 0) is 49.4 Å². The Labute approximate surface area is 283 Å². The molecule has 0 fully saturated rings. The molecule has 3 nitrogen and oxygen atoms in total. The molecule has 0 atom stereocenters. The number of aryl methyl sites for hydroxylation is 1. The van der Waals surface area contributed by atoms with Gasteiger partial charge >= 0.3 is 0 Å². The minimum Gasteiger partial charge on any atom is -0.256 e. The Hall–Kier alpha value is -5.31. The molecule has 0 amide bonds. The van der Waals surface area contributed by atoms with E-state index in [1.54, 1.807) is 0 Å². The molecule has 0 radical (unpaired) electrons. The molecule has 0 aliphatic rings. The Bertz CT molecular complexity index is 2000. The van der Waals surface area contributed by atoms with Gasteiger partial charge in [-0.3, -0.25) is 4.98 Å². The number of benzene rings is 5. The summed E-state index contributed by atoms with van der Waals surface area (Å²) in [4.78, 5) is 13.6. The van der Waals surface area contributed by atoms with Crippen LogP contribution >= 0.6 is 0 Å². The normalized spacial score (nSPS) is 10.1. The zero-order valence-corrected chi connectivity index (χ0v) is 27.3. The Morgan fingerprint density at radius 3 is 1.35 bits per heavy atom. The molecule has 0 N–H and O–H groups in total. The number of nitrogens with zero attached hydrogens (tertiary/aromatic N) is 3. The second-order valence-corrected chi connectivity index (χ2v) is 10.6. The fourth-order valence-corrected chi connectivity index (χ4v) is 5.01. The molecule has 0 saturated heterocycles. The smallest absolute Gasteiger partial charge is 0.0709 e. The molecule has 0 bridgehead atoms. The summed E-state index contributed by atoms with van der Waals surface area (Å²) in [5.41, 5.74) is 9.95. The van der Waals surface area contributed by atoms with E-state index >= 15 is 0 Å². The number of hydrogen-bond acceptors (Lipinski definition) is 3.